The lowest BCUT2D eigenvalue weighted by Gasteiger charge is -2.29. The molecule has 0 aliphatic rings. The zero-order valence-corrected chi connectivity index (χ0v) is 26.6. The van der Waals surface area contributed by atoms with Crippen LogP contribution in [-0.4, -0.2) is 4.98 Å². The lowest BCUT2D eigenvalue weighted by molar-refractivity contribution is 0.620. The summed E-state index contributed by atoms with van der Waals surface area (Å²) >= 11 is 0. The molecule has 49 heavy (non-hydrogen) atoms. The highest BCUT2D eigenvalue weighted by Crippen LogP contribution is 2.45. The topological polar surface area (TPSA) is 32.5 Å². The molecule has 0 aliphatic carbocycles. The van der Waals surface area contributed by atoms with Crippen LogP contribution in [0.3, 0.4) is 0 Å². The molecule has 0 radical (unpaired) electrons. The summed E-state index contributed by atoms with van der Waals surface area (Å²) in [6, 6.07) is 65.7. The minimum Gasteiger partial charge on any atom is -0.436 e. The first-order valence-corrected chi connectivity index (χ1v) is 16.5. The Hall–Kier alpha value is -6.65. The molecule has 9 rings (SSSR count). The third-order valence-corrected chi connectivity index (χ3v) is 8.99. The molecule has 1 heterocycles. The first-order chi connectivity index (χ1) is 24.3. The molecule has 9 aromatic rings. The Bertz CT molecular complexity index is 2560. The molecule has 4 nitrogen and oxygen atoms in total. The third-order valence-electron chi connectivity index (χ3n) is 8.99. The maximum Gasteiger partial charge on any atom is 0.227 e. The van der Waals surface area contributed by atoms with E-state index in [-0.39, 0.29) is 0 Å². The van der Waals surface area contributed by atoms with Crippen molar-refractivity contribution in [3.8, 4) is 11.5 Å². The number of hydrogen-bond acceptors (Lipinski definition) is 4. The van der Waals surface area contributed by atoms with Crippen molar-refractivity contribution in [1.82, 2.24) is 4.98 Å². The summed E-state index contributed by atoms with van der Waals surface area (Å²) in [4.78, 5) is 9.76. The van der Waals surface area contributed by atoms with E-state index in [0.29, 0.717) is 11.5 Å². The summed E-state index contributed by atoms with van der Waals surface area (Å²) < 4.78 is 6.66. The van der Waals surface area contributed by atoms with Gasteiger partial charge in [0.25, 0.3) is 0 Å². The highest BCUT2D eigenvalue weighted by atomic mass is 16.3. The van der Waals surface area contributed by atoms with Crippen LogP contribution in [0.1, 0.15) is 0 Å². The van der Waals surface area contributed by atoms with Gasteiger partial charge in [0.1, 0.15) is 5.52 Å². The van der Waals surface area contributed by atoms with Gasteiger partial charge in [0, 0.05) is 34.4 Å². The van der Waals surface area contributed by atoms with Gasteiger partial charge in [-0.15, -0.1) is 0 Å². The third kappa shape index (κ3) is 5.35. The van der Waals surface area contributed by atoms with Crippen molar-refractivity contribution in [3.05, 3.63) is 188 Å². The molecule has 4 heteroatoms. The molecule has 0 saturated carbocycles. The standard InChI is InChI=1S/C45H31N3O/c1-4-16-34(17-5-1)45-46-44-42(48(38-22-8-3-9-23-38)40-27-25-33-15-11-13-19-36(33)29-40)30-41(31-43(44)49-45)47(37-20-6-2-7-21-37)39-26-24-32-14-10-12-18-35(32)28-39/h1-31H. The minimum atomic E-state index is 0.581. The van der Waals surface area contributed by atoms with Crippen molar-refractivity contribution < 1.29 is 4.42 Å². The van der Waals surface area contributed by atoms with Crippen LogP contribution in [0.15, 0.2) is 192 Å². The highest BCUT2D eigenvalue weighted by Gasteiger charge is 2.24. The quantitative estimate of drug-likeness (QED) is 0.176. The van der Waals surface area contributed by atoms with Gasteiger partial charge in [0.15, 0.2) is 5.58 Å². The number of nitrogens with zero attached hydrogens (tertiary/aromatic N) is 3. The second-order valence-electron chi connectivity index (χ2n) is 12.1. The first kappa shape index (κ1) is 28.6. The van der Waals surface area contributed by atoms with Crippen LogP contribution in [0.4, 0.5) is 34.1 Å². The van der Waals surface area contributed by atoms with E-state index in [2.05, 4.69) is 168 Å². The Morgan fingerprint density at radius 1 is 0.367 bits per heavy atom. The molecule has 0 N–H and O–H groups in total. The van der Waals surface area contributed by atoms with E-state index in [1.54, 1.807) is 0 Å². The average molecular weight is 630 g/mol. The van der Waals surface area contributed by atoms with E-state index in [9.17, 15) is 0 Å². The molecular formula is C45H31N3O. The van der Waals surface area contributed by atoms with Crippen molar-refractivity contribution in [2.24, 2.45) is 0 Å². The van der Waals surface area contributed by atoms with Crippen molar-refractivity contribution >= 4 is 66.8 Å². The van der Waals surface area contributed by atoms with E-state index in [4.69, 9.17) is 9.40 Å². The number of para-hydroxylation sites is 2. The monoisotopic (exact) mass is 629 g/mol. The summed E-state index contributed by atoms with van der Waals surface area (Å²) in [6.07, 6.45) is 0. The summed E-state index contributed by atoms with van der Waals surface area (Å²) in [5, 5.41) is 4.73. The van der Waals surface area contributed by atoms with Crippen molar-refractivity contribution in [2.75, 3.05) is 9.80 Å². The zero-order valence-electron chi connectivity index (χ0n) is 26.6. The van der Waals surface area contributed by atoms with Crippen molar-refractivity contribution in [3.63, 3.8) is 0 Å². The largest absolute Gasteiger partial charge is 0.436 e. The van der Waals surface area contributed by atoms with Crippen LogP contribution in [0.25, 0.3) is 44.1 Å². The van der Waals surface area contributed by atoms with Gasteiger partial charge in [-0.1, -0.05) is 115 Å². The predicted octanol–water partition coefficient (Wildman–Crippen LogP) is 12.7. The predicted molar refractivity (Wildman–Crippen MR) is 204 cm³/mol. The fourth-order valence-corrected chi connectivity index (χ4v) is 6.66. The smallest absolute Gasteiger partial charge is 0.227 e. The molecule has 0 aliphatic heterocycles. The van der Waals surface area contributed by atoms with Gasteiger partial charge >= 0.3 is 0 Å². The van der Waals surface area contributed by atoms with Crippen LogP contribution in [-0.2, 0) is 0 Å². The molecule has 0 fully saturated rings. The Kier molecular flexibility index (Phi) is 7.10. The van der Waals surface area contributed by atoms with Gasteiger partial charge in [0.05, 0.1) is 11.4 Å². The van der Waals surface area contributed by atoms with Gasteiger partial charge < -0.3 is 14.2 Å². The van der Waals surface area contributed by atoms with E-state index < -0.39 is 0 Å². The number of aromatic nitrogens is 1. The van der Waals surface area contributed by atoms with E-state index in [1.165, 1.54) is 21.5 Å². The van der Waals surface area contributed by atoms with Gasteiger partial charge in [0.2, 0.25) is 5.89 Å². The SMILES string of the molecule is c1ccc(-c2nc3c(N(c4ccccc4)c4ccc5ccccc5c4)cc(N(c4ccccc4)c4ccc5ccccc5c4)cc3o2)cc1. The second kappa shape index (κ2) is 12.2. The molecule has 0 amide bonds. The number of oxazole rings is 1. The summed E-state index contributed by atoms with van der Waals surface area (Å²) in [6.45, 7) is 0. The lowest BCUT2D eigenvalue weighted by atomic mass is 10.1. The average Bonchev–Trinajstić information content (AvgIpc) is 3.61. The molecular weight excluding hydrogens is 599 g/mol. The molecule has 0 atom stereocenters. The molecule has 0 bridgehead atoms. The van der Waals surface area contributed by atoms with E-state index in [1.807, 2.05) is 30.3 Å². The van der Waals surface area contributed by atoms with E-state index in [0.717, 1.165) is 45.2 Å². The Balaban J connectivity index is 1.33. The Morgan fingerprint density at radius 3 is 1.45 bits per heavy atom. The van der Waals surface area contributed by atoms with E-state index >= 15 is 0 Å². The fourth-order valence-electron chi connectivity index (χ4n) is 6.66. The van der Waals surface area contributed by atoms with Crippen LogP contribution in [0.2, 0.25) is 0 Å². The number of hydrogen-bond donors (Lipinski definition) is 0. The Labute approximate surface area is 284 Å². The number of anilines is 6. The maximum absolute atomic E-state index is 6.66. The van der Waals surface area contributed by atoms with Crippen LogP contribution >= 0.6 is 0 Å². The maximum atomic E-state index is 6.66. The summed E-state index contributed by atoms with van der Waals surface area (Å²) in [7, 11) is 0. The highest BCUT2D eigenvalue weighted by molar-refractivity contribution is 6.01. The normalized spacial score (nSPS) is 11.3. The molecule has 0 unspecified atom stereocenters. The molecule has 1 aromatic heterocycles. The van der Waals surface area contributed by atoms with Crippen LogP contribution in [0, 0.1) is 0 Å². The second-order valence-corrected chi connectivity index (χ2v) is 12.1. The number of rotatable bonds is 7. The molecule has 0 spiro atoms. The summed E-state index contributed by atoms with van der Waals surface area (Å²) in [5.74, 6) is 0.581. The van der Waals surface area contributed by atoms with Gasteiger partial charge in [-0.3, -0.25) is 0 Å². The fraction of sp³-hybridized carbons (Fsp3) is 0. The minimum absolute atomic E-state index is 0.581. The number of benzene rings is 8. The Morgan fingerprint density at radius 2 is 0.857 bits per heavy atom. The van der Waals surface area contributed by atoms with Gasteiger partial charge in [-0.2, -0.15) is 0 Å². The first-order valence-electron chi connectivity index (χ1n) is 16.5. The van der Waals surface area contributed by atoms with Crippen LogP contribution in [0.5, 0.6) is 0 Å². The van der Waals surface area contributed by atoms with Gasteiger partial charge in [-0.05, 0) is 88.3 Å². The lowest BCUT2D eigenvalue weighted by Crippen LogP contribution is -2.13. The van der Waals surface area contributed by atoms with Crippen molar-refractivity contribution in [2.45, 2.75) is 0 Å². The van der Waals surface area contributed by atoms with Gasteiger partial charge in [-0.25, -0.2) is 4.98 Å². The van der Waals surface area contributed by atoms with Crippen LogP contribution < -0.4 is 9.80 Å². The number of fused-ring (bicyclic) bond motifs is 3. The molecule has 8 aromatic carbocycles. The summed E-state index contributed by atoms with van der Waals surface area (Å²) in [5.41, 5.74) is 8.45. The molecule has 0 saturated heterocycles. The zero-order chi connectivity index (χ0) is 32.6. The van der Waals surface area contributed by atoms with Crippen molar-refractivity contribution in [1.29, 1.82) is 0 Å². The molecule has 232 valence electrons.